The molecule has 3 aromatic heterocycles. The SMILES string of the molecule is CC(C)(C)c1c2nc(c(C(C)(C)C)c3[n-]c(c(C(C)(C)C)c4nc(c(C(C)(C)C)c5[n-]c1c1cc6ccccc6cc51)-c1cc5ccccc5cc1-4)c1cc4ccccc4cc31)-c1cc3ccccc3cc1-2.[Pd+2]. The molecule has 0 unspecified atom stereocenters. The molecule has 0 radical (unpaired) electrons. The molecule has 0 aliphatic carbocycles. The van der Waals surface area contributed by atoms with E-state index in [4.69, 9.17) is 19.9 Å². The Morgan fingerprint density at radius 3 is 0.630 bits per heavy atom. The van der Waals surface area contributed by atoms with Gasteiger partial charge in [0.15, 0.2) is 0 Å². The number of nitrogens with zero attached hydrogens (tertiary/aromatic N) is 4. The van der Waals surface area contributed by atoms with Gasteiger partial charge in [-0.1, -0.05) is 180 Å². The maximum atomic E-state index is 6.09. The van der Waals surface area contributed by atoms with Gasteiger partial charge in [-0.15, -0.1) is 22.1 Å². The van der Waals surface area contributed by atoms with Crippen LogP contribution in [0.4, 0.5) is 0 Å². The number of hydrogen-bond acceptors (Lipinski definition) is 2. The zero-order chi connectivity index (χ0) is 50.0. The number of rotatable bonds is 0. The molecular weight excluding hydrogens is 979 g/mol. The number of aromatic nitrogens is 4. The van der Waals surface area contributed by atoms with Gasteiger partial charge in [0.1, 0.15) is 0 Å². The fourth-order valence-electron chi connectivity index (χ4n) is 12.3. The van der Waals surface area contributed by atoms with Crippen molar-refractivity contribution < 1.29 is 20.4 Å². The normalized spacial score (nSPS) is 13.1. The maximum absolute atomic E-state index is 6.09. The van der Waals surface area contributed by atoms with E-state index in [-0.39, 0.29) is 20.4 Å². The van der Waals surface area contributed by atoms with E-state index in [0.717, 1.165) is 111 Å². The van der Waals surface area contributed by atoms with Gasteiger partial charge in [-0.25, -0.2) is 9.97 Å². The van der Waals surface area contributed by atoms with E-state index in [0.29, 0.717) is 0 Å². The molecule has 0 fully saturated rings. The minimum absolute atomic E-state index is 0. The molecular formula is C68H60N4Pd. The standard InChI is InChI=1S/C68H60N4.Pd/c1-65(2,3)53-57-45-29-37-21-13-15-23-39(37)31-47(45)59(69-57)54(66(4,5)6)61-49-33-41-25-17-19-27-43(41)35-51(49)63(71-61)56(68(10,11)12)64-52-36-44-28-20-18-26-42(44)34-50(52)62(72-64)55(67(7,8)9)60-48-32-40-24-16-14-22-38(40)30-46(48)58(53)70-60;/h13-36H,1-12H3;/q-2;+2. The third-order valence-electron chi connectivity index (χ3n) is 15.4. The van der Waals surface area contributed by atoms with E-state index in [9.17, 15) is 0 Å². The van der Waals surface area contributed by atoms with Gasteiger partial charge < -0.3 is 9.97 Å². The van der Waals surface area contributed by atoms with Gasteiger partial charge in [0, 0.05) is 22.3 Å². The van der Waals surface area contributed by atoms with Crippen LogP contribution in [0.5, 0.6) is 0 Å². The zero-order valence-corrected chi connectivity index (χ0v) is 45.5. The van der Waals surface area contributed by atoms with Crippen LogP contribution in [-0.2, 0) is 42.1 Å². The Balaban J connectivity index is 0.00000543. The van der Waals surface area contributed by atoms with Crippen molar-refractivity contribution >= 4 is 86.7 Å². The first kappa shape index (κ1) is 47.1. The van der Waals surface area contributed by atoms with Crippen molar-refractivity contribution in [2.75, 3.05) is 0 Å². The predicted octanol–water partition coefficient (Wildman–Crippen LogP) is 18.3. The van der Waals surface area contributed by atoms with Gasteiger partial charge in [0.2, 0.25) is 0 Å². The van der Waals surface area contributed by atoms with Crippen LogP contribution in [0, 0.1) is 0 Å². The fourth-order valence-corrected chi connectivity index (χ4v) is 12.3. The third-order valence-corrected chi connectivity index (χ3v) is 15.4. The van der Waals surface area contributed by atoms with Crippen molar-refractivity contribution in [3.05, 3.63) is 168 Å². The van der Waals surface area contributed by atoms with Crippen molar-refractivity contribution in [2.45, 2.75) is 105 Å². The van der Waals surface area contributed by atoms with Gasteiger partial charge in [0.05, 0.1) is 22.8 Å². The van der Waals surface area contributed by atoms with E-state index < -0.39 is 21.7 Å². The van der Waals surface area contributed by atoms with Gasteiger partial charge in [-0.05, 0) is 157 Å². The zero-order valence-electron chi connectivity index (χ0n) is 44.0. The first-order valence-electron chi connectivity index (χ1n) is 25.7. The summed E-state index contributed by atoms with van der Waals surface area (Å²) in [4.78, 5) is 24.3. The molecule has 0 amide bonds. The Kier molecular flexibility index (Phi) is 10.4. The molecule has 0 spiro atoms. The Hall–Kier alpha value is -6.90. The van der Waals surface area contributed by atoms with Crippen LogP contribution in [0.25, 0.3) is 132 Å². The first-order valence-corrected chi connectivity index (χ1v) is 25.7. The number of benzene rings is 8. The Morgan fingerprint density at radius 1 is 0.274 bits per heavy atom. The molecule has 0 atom stereocenters. The molecule has 8 aromatic carbocycles. The largest absolute Gasteiger partial charge is 2.00 e. The second kappa shape index (κ2) is 16.1. The van der Waals surface area contributed by atoms with Crippen LogP contribution in [0.2, 0.25) is 0 Å². The Labute approximate surface area is 442 Å². The second-order valence-electron chi connectivity index (χ2n) is 24.7. The summed E-state index contributed by atoms with van der Waals surface area (Å²) in [5, 5.41) is 14.0. The molecule has 5 heterocycles. The molecule has 362 valence electrons. The molecule has 2 aliphatic rings. The molecule has 4 nitrogen and oxygen atoms in total. The third kappa shape index (κ3) is 7.25. The average Bonchev–Trinajstić information content (AvgIpc) is 4.06. The molecule has 5 heteroatoms. The molecule has 0 saturated heterocycles. The number of hydrogen-bond donors (Lipinski definition) is 0. The molecule has 2 aliphatic heterocycles. The molecule has 0 N–H and O–H groups in total. The molecule has 0 saturated carbocycles. The van der Waals surface area contributed by atoms with Crippen molar-refractivity contribution in [1.29, 1.82) is 0 Å². The van der Waals surface area contributed by atoms with E-state index in [1.165, 1.54) is 43.1 Å². The molecule has 8 bridgehead atoms. The Bertz CT molecular complexity index is 3810. The van der Waals surface area contributed by atoms with Crippen LogP contribution in [0.1, 0.15) is 105 Å². The van der Waals surface area contributed by atoms with Gasteiger partial charge in [-0.2, -0.15) is 0 Å². The van der Waals surface area contributed by atoms with Crippen molar-refractivity contribution in [2.24, 2.45) is 0 Å². The Morgan fingerprint density at radius 2 is 0.452 bits per heavy atom. The van der Waals surface area contributed by atoms with Crippen molar-refractivity contribution in [3.63, 3.8) is 0 Å². The van der Waals surface area contributed by atoms with Crippen LogP contribution < -0.4 is 9.97 Å². The van der Waals surface area contributed by atoms with E-state index >= 15 is 0 Å². The summed E-state index contributed by atoms with van der Waals surface area (Å²) in [6, 6.07) is 54.1. The topological polar surface area (TPSA) is 54.0 Å². The quantitative estimate of drug-likeness (QED) is 0.142. The summed E-state index contributed by atoms with van der Waals surface area (Å²) in [5.74, 6) is 0. The molecule has 73 heavy (non-hydrogen) atoms. The smallest absolute Gasteiger partial charge is 0.656 e. The minimum Gasteiger partial charge on any atom is -0.656 e. The fraction of sp³-hybridized carbons (Fsp3) is 0.235. The summed E-state index contributed by atoms with van der Waals surface area (Å²) < 4.78 is 0. The van der Waals surface area contributed by atoms with Gasteiger partial charge >= 0.3 is 20.4 Å². The predicted molar refractivity (Wildman–Crippen MR) is 308 cm³/mol. The van der Waals surface area contributed by atoms with Gasteiger partial charge in [0.25, 0.3) is 0 Å². The van der Waals surface area contributed by atoms with Crippen LogP contribution in [-0.4, -0.2) is 9.97 Å². The summed E-state index contributed by atoms with van der Waals surface area (Å²) in [7, 11) is 0. The second-order valence-corrected chi connectivity index (χ2v) is 24.7. The van der Waals surface area contributed by atoms with Gasteiger partial charge in [-0.3, -0.25) is 0 Å². The maximum Gasteiger partial charge on any atom is 2.00 e. The monoisotopic (exact) mass is 1040 g/mol. The average molecular weight is 1040 g/mol. The first-order chi connectivity index (χ1) is 34.2. The van der Waals surface area contributed by atoms with Crippen LogP contribution in [0.15, 0.2) is 146 Å². The summed E-state index contributed by atoms with van der Waals surface area (Å²) in [6.45, 7) is 28.0. The van der Waals surface area contributed by atoms with Crippen LogP contribution >= 0.6 is 0 Å². The summed E-state index contributed by atoms with van der Waals surface area (Å²) >= 11 is 0. The van der Waals surface area contributed by atoms with Crippen molar-refractivity contribution in [3.8, 4) is 45.0 Å². The van der Waals surface area contributed by atoms with E-state index in [2.05, 4.69) is 229 Å². The van der Waals surface area contributed by atoms with E-state index in [1.807, 2.05) is 0 Å². The molecule has 13 rings (SSSR count). The van der Waals surface area contributed by atoms with Crippen molar-refractivity contribution in [1.82, 2.24) is 19.9 Å². The molecule has 11 aromatic rings. The van der Waals surface area contributed by atoms with Crippen LogP contribution in [0.3, 0.4) is 0 Å². The minimum atomic E-state index is -0.394. The number of fused-ring (bicyclic) bond motifs is 24. The summed E-state index contributed by atoms with van der Waals surface area (Å²) in [5.41, 5.74) is 15.2. The summed E-state index contributed by atoms with van der Waals surface area (Å²) in [6.07, 6.45) is 0. The van der Waals surface area contributed by atoms with E-state index in [1.54, 1.807) is 0 Å².